The van der Waals surface area contributed by atoms with Crippen molar-refractivity contribution in [2.75, 3.05) is 19.9 Å². The van der Waals surface area contributed by atoms with E-state index >= 15 is 0 Å². The third kappa shape index (κ3) is 3.23. The van der Waals surface area contributed by atoms with E-state index in [2.05, 4.69) is 25.8 Å². The Hall–Kier alpha value is -1.70. The largest absolute Gasteiger partial charge is 0.454 e. The first-order valence-corrected chi connectivity index (χ1v) is 8.98. The molecule has 2 aromatic rings. The quantitative estimate of drug-likeness (QED) is 0.790. The predicted octanol–water partition coefficient (Wildman–Crippen LogP) is 3.20. The summed E-state index contributed by atoms with van der Waals surface area (Å²) in [5.41, 5.74) is 0.238. The Bertz CT molecular complexity index is 794. The summed E-state index contributed by atoms with van der Waals surface area (Å²) >= 11 is 3.58. The smallest absolute Gasteiger partial charge is 0.231 e. The van der Waals surface area contributed by atoms with E-state index in [9.17, 15) is 9.50 Å². The summed E-state index contributed by atoms with van der Waals surface area (Å²) < 4.78 is 25.7. The van der Waals surface area contributed by atoms with Crippen LogP contribution in [-0.4, -0.2) is 34.9 Å². The first-order valence-electron chi connectivity index (χ1n) is 8.19. The molecule has 1 fully saturated rings. The van der Waals surface area contributed by atoms with Gasteiger partial charge in [0.25, 0.3) is 0 Å². The van der Waals surface area contributed by atoms with E-state index in [0.717, 1.165) is 28.1 Å². The van der Waals surface area contributed by atoms with Crippen LogP contribution in [0.2, 0.25) is 0 Å². The van der Waals surface area contributed by atoms with Crippen LogP contribution in [0.1, 0.15) is 24.0 Å². The van der Waals surface area contributed by atoms with Crippen LogP contribution >= 0.6 is 15.9 Å². The zero-order chi connectivity index (χ0) is 17.4. The number of piperidine rings is 1. The number of fused-ring (bicyclic) bond motifs is 1. The summed E-state index contributed by atoms with van der Waals surface area (Å²) in [5.74, 6) is 0.914. The van der Waals surface area contributed by atoms with Crippen molar-refractivity contribution in [2.24, 2.45) is 0 Å². The lowest BCUT2D eigenvalue weighted by molar-refractivity contribution is -0.0308. The second-order valence-electron chi connectivity index (χ2n) is 6.45. The van der Waals surface area contributed by atoms with Crippen LogP contribution in [-0.2, 0) is 12.1 Å². The lowest BCUT2D eigenvalue weighted by Crippen LogP contribution is -2.42. The van der Waals surface area contributed by atoms with Gasteiger partial charge in [-0.3, -0.25) is 4.90 Å². The van der Waals surface area contributed by atoms with Crippen molar-refractivity contribution in [3.63, 3.8) is 0 Å². The average molecular weight is 409 g/mol. The number of rotatable bonds is 3. The van der Waals surface area contributed by atoms with Gasteiger partial charge in [-0.2, -0.15) is 4.39 Å². The standard InChI is InChI=1S/C18H18BrFN2O3/c19-14-9-16-15(24-11-25-16)8-12(14)10-22-6-3-18(23,4-7-22)13-2-1-5-21-17(13)20/h1-2,5,8-9,23H,3-4,6-7,10-11H2. The number of nitrogens with zero attached hydrogens (tertiary/aromatic N) is 2. The molecule has 5 nitrogen and oxygen atoms in total. The lowest BCUT2D eigenvalue weighted by Gasteiger charge is -2.38. The topological polar surface area (TPSA) is 54.8 Å². The van der Waals surface area contributed by atoms with Crippen LogP contribution in [0.25, 0.3) is 0 Å². The van der Waals surface area contributed by atoms with E-state index in [1.165, 1.54) is 6.20 Å². The molecule has 7 heteroatoms. The van der Waals surface area contributed by atoms with Gasteiger partial charge >= 0.3 is 0 Å². The molecule has 0 saturated carbocycles. The highest BCUT2D eigenvalue weighted by Crippen LogP contribution is 2.38. The number of pyridine rings is 1. The van der Waals surface area contributed by atoms with Crippen LogP contribution in [0.4, 0.5) is 4.39 Å². The number of aromatic nitrogens is 1. The molecule has 1 N–H and O–H groups in total. The van der Waals surface area contributed by atoms with E-state index < -0.39 is 11.5 Å². The van der Waals surface area contributed by atoms with Crippen molar-refractivity contribution >= 4 is 15.9 Å². The summed E-state index contributed by atoms with van der Waals surface area (Å²) in [6.45, 7) is 2.32. The van der Waals surface area contributed by atoms with Crippen LogP contribution in [0, 0.1) is 5.95 Å². The monoisotopic (exact) mass is 408 g/mol. The summed E-state index contributed by atoms with van der Waals surface area (Å²) in [4.78, 5) is 5.90. The van der Waals surface area contributed by atoms with Gasteiger partial charge in [0.15, 0.2) is 11.5 Å². The van der Waals surface area contributed by atoms with Gasteiger partial charge < -0.3 is 14.6 Å². The van der Waals surface area contributed by atoms with Crippen molar-refractivity contribution in [3.8, 4) is 11.5 Å². The van der Waals surface area contributed by atoms with Gasteiger partial charge in [-0.15, -0.1) is 0 Å². The van der Waals surface area contributed by atoms with E-state index in [-0.39, 0.29) is 6.79 Å². The molecule has 0 spiro atoms. The molecule has 0 radical (unpaired) electrons. The highest BCUT2D eigenvalue weighted by atomic mass is 79.9. The van der Waals surface area contributed by atoms with Crippen molar-refractivity contribution in [3.05, 3.63) is 52.0 Å². The Morgan fingerprint density at radius 3 is 2.68 bits per heavy atom. The SMILES string of the molecule is OC1(c2cccnc2F)CCN(Cc2cc3c(cc2Br)OCO3)CC1. The minimum absolute atomic E-state index is 0.249. The number of likely N-dealkylation sites (tertiary alicyclic amines) is 1. The van der Waals surface area contributed by atoms with Gasteiger partial charge in [-0.1, -0.05) is 22.0 Å². The molecule has 1 aromatic heterocycles. The van der Waals surface area contributed by atoms with E-state index in [4.69, 9.17) is 9.47 Å². The molecule has 3 heterocycles. The molecule has 1 aromatic carbocycles. The van der Waals surface area contributed by atoms with Gasteiger partial charge in [0, 0.05) is 35.9 Å². The molecule has 0 amide bonds. The normalized spacial score (nSPS) is 19.2. The van der Waals surface area contributed by atoms with Gasteiger partial charge in [-0.25, -0.2) is 4.98 Å². The molecule has 0 aliphatic carbocycles. The van der Waals surface area contributed by atoms with Crippen molar-refractivity contribution in [1.29, 1.82) is 0 Å². The van der Waals surface area contributed by atoms with Crippen LogP contribution in [0.5, 0.6) is 11.5 Å². The molecule has 0 atom stereocenters. The molecular formula is C18H18BrFN2O3. The zero-order valence-corrected chi connectivity index (χ0v) is 15.1. The van der Waals surface area contributed by atoms with Crippen molar-refractivity contribution in [2.45, 2.75) is 25.0 Å². The maximum absolute atomic E-state index is 13.9. The molecule has 2 aliphatic rings. The van der Waals surface area contributed by atoms with Gasteiger partial charge in [0.1, 0.15) is 0 Å². The number of aliphatic hydroxyl groups is 1. The zero-order valence-electron chi connectivity index (χ0n) is 13.5. The lowest BCUT2D eigenvalue weighted by atomic mass is 9.85. The average Bonchev–Trinajstić information content (AvgIpc) is 3.05. The molecule has 1 saturated heterocycles. The summed E-state index contributed by atoms with van der Waals surface area (Å²) in [5, 5.41) is 10.8. The molecule has 0 unspecified atom stereocenters. The molecule has 4 rings (SSSR count). The first kappa shape index (κ1) is 16.8. The predicted molar refractivity (Wildman–Crippen MR) is 92.9 cm³/mol. The Morgan fingerprint density at radius 2 is 1.96 bits per heavy atom. The van der Waals surface area contributed by atoms with E-state index in [1.807, 2.05) is 12.1 Å². The highest BCUT2D eigenvalue weighted by molar-refractivity contribution is 9.10. The van der Waals surface area contributed by atoms with Crippen molar-refractivity contribution < 1.29 is 19.0 Å². The molecule has 25 heavy (non-hydrogen) atoms. The Kier molecular flexibility index (Phi) is 4.39. The molecular weight excluding hydrogens is 391 g/mol. The molecule has 132 valence electrons. The summed E-state index contributed by atoms with van der Waals surface area (Å²) in [6, 6.07) is 7.18. The Labute approximate surface area is 153 Å². The van der Waals surface area contributed by atoms with E-state index in [0.29, 0.717) is 31.5 Å². The highest BCUT2D eigenvalue weighted by Gasteiger charge is 2.36. The minimum Gasteiger partial charge on any atom is -0.454 e. The fraction of sp³-hybridized carbons (Fsp3) is 0.389. The fourth-order valence-corrected chi connectivity index (χ4v) is 3.85. The number of halogens is 2. The maximum Gasteiger partial charge on any atom is 0.231 e. The van der Waals surface area contributed by atoms with Gasteiger partial charge in [0.2, 0.25) is 12.7 Å². The second-order valence-corrected chi connectivity index (χ2v) is 7.30. The number of hydrogen-bond donors (Lipinski definition) is 1. The van der Waals surface area contributed by atoms with Crippen molar-refractivity contribution in [1.82, 2.24) is 9.88 Å². The molecule has 0 bridgehead atoms. The van der Waals surface area contributed by atoms with Crippen LogP contribution in [0.15, 0.2) is 34.9 Å². The Morgan fingerprint density at radius 1 is 1.24 bits per heavy atom. The number of hydrogen-bond acceptors (Lipinski definition) is 5. The third-order valence-electron chi connectivity index (χ3n) is 4.88. The second kappa shape index (κ2) is 6.55. The van der Waals surface area contributed by atoms with E-state index in [1.54, 1.807) is 12.1 Å². The third-order valence-corrected chi connectivity index (χ3v) is 5.62. The summed E-state index contributed by atoms with van der Waals surface area (Å²) in [6.07, 6.45) is 2.34. The fourth-order valence-electron chi connectivity index (χ4n) is 3.40. The van der Waals surface area contributed by atoms with Gasteiger partial charge in [-0.05, 0) is 36.6 Å². The summed E-state index contributed by atoms with van der Waals surface area (Å²) in [7, 11) is 0. The molecule has 2 aliphatic heterocycles. The minimum atomic E-state index is -1.15. The first-order chi connectivity index (χ1) is 12.0. The van der Waals surface area contributed by atoms with Crippen LogP contribution in [0.3, 0.4) is 0 Å². The number of benzene rings is 1. The van der Waals surface area contributed by atoms with Gasteiger partial charge in [0.05, 0.1) is 5.60 Å². The maximum atomic E-state index is 13.9. The Balaban J connectivity index is 1.45. The van der Waals surface area contributed by atoms with Crippen LogP contribution < -0.4 is 9.47 Å². The number of ether oxygens (including phenoxy) is 2.